The van der Waals surface area contributed by atoms with Crippen molar-refractivity contribution in [3.8, 4) is 0 Å². The summed E-state index contributed by atoms with van der Waals surface area (Å²) >= 11 is -1.03. The third-order valence-corrected chi connectivity index (χ3v) is 11.1. The van der Waals surface area contributed by atoms with Crippen molar-refractivity contribution < 1.29 is 24.6 Å². The molecule has 0 bridgehead atoms. The van der Waals surface area contributed by atoms with Crippen molar-refractivity contribution in [2.45, 2.75) is 42.6 Å². The summed E-state index contributed by atoms with van der Waals surface area (Å²) in [6, 6.07) is 7.13. The second-order valence-electron chi connectivity index (χ2n) is 8.01. The summed E-state index contributed by atoms with van der Waals surface area (Å²) in [5, 5.41) is 7.84. The van der Waals surface area contributed by atoms with Crippen LogP contribution in [0.15, 0.2) is 36.7 Å². The van der Waals surface area contributed by atoms with E-state index in [0.717, 1.165) is 31.0 Å². The molecule has 5 rings (SSSR count). The molecule has 0 saturated heterocycles. The molecule has 4 heterocycles. The first-order valence-electron chi connectivity index (χ1n) is 10.8. The maximum absolute atomic E-state index is 4.91. The molecule has 1 saturated carbocycles. The Balaban J connectivity index is 1.41. The number of hydrogen-bond acceptors (Lipinski definition) is 5. The van der Waals surface area contributed by atoms with E-state index in [2.05, 4.69) is 47.8 Å². The molecule has 6 nitrogen and oxygen atoms in total. The van der Waals surface area contributed by atoms with Gasteiger partial charge in [-0.3, -0.25) is 0 Å². The van der Waals surface area contributed by atoms with Gasteiger partial charge in [0.1, 0.15) is 0 Å². The van der Waals surface area contributed by atoms with Crippen molar-refractivity contribution in [3.63, 3.8) is 0 Å². The number of rotatable bonds is 5. The van der Waals surface area contributed by atoms with Crippen LogP contribution in [-0.4, -0.2) is 32.6 Å². The quantitative estimate of drug-likeness (QED) is 0.454. The Morgan fingerprint density at radius 2 is 2.07 bits per heavy atom. The molecule has 7 heteroatoms. The number of hydrogen-bond donors (Lipinski definition) is 2. The molecule has 0 aromatic carbocycles. The summed E-state index contributed by atoms with van der Waals surface area (Å²) in [4.78, 5) is 14.1. The van der Waals surface area contributed by atoms with Gasteiger partial charge in [-0.05, 0) is 6.54 Å². The molecular formula is C22H26HgN6. The van der Waals surface area contributed by atoms with Crippen molar-refractivity contribution >= 4 is 31.6 Å². The molecule has 0 radical (unpaired) electrons. The molecule has 0 atom stereocenters. The molecule has 1 aliphatic heterocycles. The van der Waals surface area contributed by atoms with Crippen molar-refractivity contribution in [1.29, 1.82) is 0 Å². The van der Waals surface area contributed by atoms with Crippen LogP contribution < -0.4 is 13.8 Å². The van der Waals surface area contributed by atoms with Crippen LogP contribution in [0.25, 0.3) is 16.6 Å². The van der Waals surface area contributed by atoms with E-state index < -0.39 is 24.6 Å². The first kappa shape index (κ1) is 19.2. The van der Waals surface area contributed by atoms with Crippen molar-refractivity contribution in [2.75, 3.05) is 18.4 Å². The normalized spacial score (nSPS) is 17.3. The van der Waals surface area contributed by atoms with Gasteiger partial charge in [0, 0.05) is 6.54 Å². The van der Waals surface area contributed by atoms with Gasteiger partial charge in [-0.25, -0.2) is 0 Å². The Hall–Kier alpha value is -1.79. The first-order valence-corrected chi connectivity index (χ1v) is 19.1. The van der Waals surface area contributed by atoms with Gasteiger partial charge in [-0.2, -0.15) is 0 Å². The predicted octanol–water partition coefficient (Wildman–Crippen LogP) is 3.82. The average molecular weight is 575 g/mol. The fourth-order valence-corrected chi connectivity index (χ4v) is 9.18. The predicted molar refractivity (Wildman–Crippen MR) is 114 cm³/mol. The number of aromatic nitrogens is 4. The fourth-order valence-electron chi connectivity index (χ4n) is 4.62. The number of pyridine rings is 1. The standard InChI is InChI=1S/C21H23N6.CH3.Hg/c1-2-4-18(3-1)27-12-9-17-14-24-21(26-20(17)27)25-19-6-5-16(13-23-19)15-7-10-22-11-8-15;;/h5-7,9,13-14,18,22H,1-4,8,10-11H2,(H,23,24,25,26);1H3;. The van der Waals surface area contributed by atoms with E-state index in [0.29, 0.717) is 12.0 Å². The Bertz CT molecular complexity index is 1030. The topological polar surface area (TPSA) is 67.7 Å². The molecule has 0 unspecified atom stereocenters. The molecule has 3 aromatic rings. The third-order valence-electron chi connectivity index (χ3n) is 6.15. The molecule has 2 aliphatic rings. The molecular weight excluding hydrogens is 549 g/mol. The monoisotopic (exact) mass is 576 g/mol. The molecule has 0 spiro atoms. The number of nitrogens with zero attached hydrogens (tertiary/aromatic N) is 4. The molecule has 1 fully saturated rings. The van der Waals surface area contributed by atoms with Crippen molar-refractivity contribution in [1.82, 2.24) is 24.8 Å². The van der Waals surface area contributed by atoms with Crippen LogP contribution >= 0.6 is 0 Å². The van der Waals surface area contributed by atoms with Crippen LogP contribution in [-0.2, 0) is 24.6 Å². The van der Waals surface area contributed by atoms with E-state index in [1.807, 2.05) is 18.5 Å². The molecule has 0 amide bonds. The van der Waals surface area contributed by atoms with Crippen LogP contribution in [0.5, 0.6) is 0 Å². The van der Waals surface area contributed by atoms with E-state index in [9.17, 15) is 0 Å². The van der Waals surface area contributed by atoms with Gasteiger partial charge in [0.05, 0.1) is 0 Å². The van der Waals surface area contributed by atoms with Crippen molar-refractivity contribution in [2.24, 2.45) is 0 Å². The summed E-state index contributed by atoms with van der Waals surface area (Å²) < 4.78 is 6.57. The minimum atomic E-state index is -1.03. The van der Waals surface area contributed by atoms with Gasteiger partial charge in [-0.1, -0.05) is 0 Å². The average Bonchev–Trinajstić information content (AvgIpc) is 3.42. The SMILES string of the molecule is [CH3][Hg][c]1cc2cnc(Nc3ccc(C4=CCNCC4)cn3)nc2n1C1CCCC1. The van der Waals surface area contributed by atoms with Crippen LogP contribution in [0.2, 0.25) is 4.43 Å². The first-order chi connectivity index (χ1) is 14.3. The third kappa shape index (κ3) is 3.97. The van der Waals surface area contributed by atoms with Gasteiger partial charge in [0.2, 0.25) is 0 Å². The zero-order valence-corrected chi connectivity index (χ0v) is 22.5. The summed E-state index contributed by atoms with van der Waals surface area (Å²) in [6.07, 6.45) is 12.5. The number of nitrogens with one attached hydrogen (secondary N) is 2. The van der Waals surface area contributed by atoms with Gasteiger partial charge in [0.15, 0.2) is 0 Å². The van der Waals surface area contributed by atoms with E-state index in [1.165, 1.54) is 42.2 Å². The fraction of sp³-hybridized carbons (Fsp3) is 0.409. The summed E-state index contributed by atoms with van der Waals surface area (Å²) in [5.74, 6) is 1.42. The second-order valence-corrected chi connectivity index (χ2v) is 13.6. The van der Waals surface area contributed by atoms with E-state index >= 15 is 0 Å². The van der Waals surface area contributed by atoms with E-state index in [-0.39, 0.29) is 0 Å². The zero-order chi connectivity index (χ0) is 19.6. The Labute approximate surface area is 183 Å². The molecule has 146 valence electrons. The number of fused-ring (bicyclic) bond motifs is 1. The zero-order valence-electron chi connectivity index (χ0n) is 17.0. The van der Waals surface area contributed by atoms with Crippen LogP contribution in [0.4, 0.5) is 11.8 Å². The number of anilines is 2. The second kappa shape index (κ2) is 8.52. The van der Waals surface area contributed by atoms with E-state index in [1.54, 1.807) is 3.20 Å². The van der Waals surface area contributed by atoms with Crippen molar-refractivity contribution in [3.05, 3.63) is 42.2 Å². The molecule has 29 heavy (non-hydrogen) atoms. The molecule has 3 aromatic heterocycles. The van der Waals surface area contributed by atoms with E-state index in [4.69, 9.17) is 4.98 Å². The molecule has 2 N–H and O–H groups in total. The summed E-state index contributed by atoms with van der Waals surface area (Å²) in [7, 11) is 0. The molecule has 1 aliphatic carbocycles. The Morgan fingerprint density at radius 1 is 1.17 bits per heavy atom. The summed E-state index contributed by atoms with van der Waals surface area (Å²) in [6.45, 7) is 1.97. The van der Waals surface area contributed by atoms with Crippen LogP contribution in [0.1, 0.15) is 43.7 Å². The Morgan fingerprint density at radius 3 is 2.79 bits per heavy atom. The van der Waals surface area contributed by atoms with Crippen LogP contribution in [0, 0.1) is 0 Å². The van der Waals surface area contributed by atoms with Gasteiger partial charge in [0.25, 0.3) is 0 Å². The Kier molecular flexibility index (Phi) is 5.64. The summed E-state index contributed by atoms with van der Waals surface area (Å²) in [5.41, 5.74) is 3.67. The minimum absolute atomic E-state index is 0.626. The van der Waals surface area contributed by atoms with Gasteiger partial charge >= 0.3 is 166 Å². The van der Waals surface area contributed by atoms with Gasteiger partial charge in [-0.15, -0.1) is 0 Å². The maximum atomic E-state index is 4.91. The van der Waals surface area contributed by atoms with Gasteiger partial charge < -0.3 is 5.32 Å². The van der Waals surface area contributed by atoms with Crippen LogP contribution in [0.3, 0.4) is 0 Å².